The van der Waals surface area contributed by atoms with E-state index in [9.17, 15) is 9.59 Å². The molecule has 0 aliphatic carbocycles. The standard InChI is InChI=1S/C6H6O4/c1-4-9-5(2-3-7)6(8)10-4/h3,5H,1-2H2. The molecule has 0 amide bonds. The van der Waals surface area contributed by atoms with Gasteiger partial charge in [-0.1, -0.05) is 0 Å². The van der Waals surface area contributed by atoms with E-state index in [0.717, 1.165) is 0 Å². The Kier molecular flexibility index (Phi) is 1.71. The lowest BCUT2D eigenvalue weighted by Crippen LogP contribution is -2.15. The molecule has 1 heterocycles. The minimum absolute atomic E-state index is 0.0256. The third-order valence-corrected chi connectivity index (χ3v) is 1.06. The zero-order chi connectivity index (χ0) is 7.56. The quantitative estimate of drug-likeness (QED) is 0.402. The molecule has 0 N–H and O–H groups in total. The Hall–Kier alpha value is -1.32. The molecule has 0 aromatic carbocycles. The van der Waals surface area contributed by atoms with Crippen molar-refractivity contribution in [2.24, 2.45) is 0 Å². The number of carbonyl (C=O) groups is 2. The summed E-state index contributed by atoms with van der Waals surface area (Å²) in [5, 5.41) is 0. The molecule has 1 aliphatic heterocycles. The Morgan fingerprint density at radius 2 is 2.40 bits per heavy atom. The summed E-state index contributed by atoms with van der Waals surface area (Å²) in [4.78, 5) is 20.5. The van der Waals surface area contributed by atoms with Gasteiger partial charge in [0.2, 0.25) is 6.10 Å². The van der Waals surface area contributed by atoms with Crippen LogP contribution in [-0.2, 0) is 19.1 Å². The molecule has 1 fully saturated rings. The van der Waals surface area contributed by atoms with Gasteiger partial charge in [0, 0.05) is 0 Å². The van der Waals surface area contributed by atoms with Gasteiger partial charge in [-0.05, 0) is 6.58 Å². The highest BCUT2D eigenvalue weighted by atomic mass is 16.7. The average molecular weight is 142 g/mol. The highest BCUT2D eigenvalue weighted by Crippen LogP contribution is 2.15. The van der Waals surface area contributed by atoms with Gasteiger partial charge < -0.3 is 14.3 Å². The second-order valence-electron chi connectivity index (χ2n) is 1.80. The first kappa shape index (κ1) is 6.80. The van der Waals surface area contributed by atoms with Crippen LogP contribution in [0.5, 0.6) is 0 Å². The monoisotopic (exact) mass is 142 g/mol. The third kappa shape index (κ3) is 1.15. The number of rotatable bonds is 2. The second-order valence-corrected chi connectivity index (χ2v) is 1.80. The van der Waals surface area contributed by atoms with Gasteiger partial charge in [-0.25, -0.2) is 4.79 Å². The van der Waals surface area contributed by atoms with E-state index in [-0.39, 0.29) is 12.4 Å². The first-order valence-corrected chi connectivity index (χ1v) is 2.75. The molecule has 1 saturated heterocycles. The fourth-order valence-corrected chi connectivity index (χ4v) is 0.640. The first-order valence-electron chi connectivity index (χ1n) is 2.75. The van der Waals surface area contributed by atoms with Gasteiger partial charge >= 0.3 is 5.97 Å². The zero-order valence-electron chi connectivity index (χ0n) is 5.20. The van der Waals surface area contributed by atoms with E-state index >= 15 is 0 Å². The van der Waals surface area contributed by atoms with Gasteiger partial charge in [0.15, 0.2) is 0 Å². The molecule has 10 heavy (non-hydrogen) atoms. The molecule has 54 valence electrons. The summed E-state index contributed by atoms with van der Waals surface area (Å²) in [6, 6.07) is 0. The van der Waals surface area contributed by atoms with Crippen molar-refractivity contribution in [3.8, 4) is 0 Å². The fraction of sp³-hybridized carbons (Fsp3) is 0.333. The van der Waals surface area contributed by atoms with Crippen molar-refractivity contribution in [3.63, 3.8) is 0 Å². The average Bonchev–Trinajstić information content (AvgIpc) is 2.13. The van der Waals surface area contributed by atoms with Gasteiger partial charge in [0.1, 0.15) is 6.29 Å². The van der Waals surface area contributed by atoms with Crippen molar-refractivity contribution in [2.75, 3.05) is 0 Å². The maximum absolute atomic E-state index is 10.6. The van der Waals surface area contributed by atoms with E-state index in [0.29, 0.717) is 6.29 Å². The smallest absolute Gasteiger partial charge is 0.355 e. The highest BCUT2D eigenvalue weighted by Gasteiger charge is 2.30. The minimum Gasteiger partial charge on any atom is -0.450 e. The zero-order valence-corrected chi connectivity index (χ0v) is 5.20. The Labute approximate surface area is 57.4 Å². The lowest BCUT2D eigenvalue weighted by molar-refractivity contribution is -0.138. The Morgan fingerprint density at radius 3 is 2.80 bits per heavy atom. The summed E-state index contributed by atoms with van der Waals surface area (Å²) < 4.78 is 9.13. The van der Waals surface area contributed by atoms with Crippen molar-refractivity contribution in [2.45, 2.75) is 12.5 Å². The topological polar surface area (TPSA) is 52.6 Å². The van der Waals surface area contributed by atoms with Crippen LogP contribution in [0.3, 0.4) is 0 Å². The largest absolute Gasteiger partial charge is 0.450 e. The van der Waals surface area contributed by atoms with Crippen LogP contribution in [0, 0.1) is 0 Å². The summed E-state index contributed by atoms with van der Waals surface area (Å²) in [6.45, 7) is 3.26. The summed E-state index contributed by atoms with van der Waals surface area (Å²) in [6.07, 6.45) is -0.146. The van der Waals surface area contributed by atoms with Crippen molar-refractivity contribution in [3.05, 3.63) is 12.5 Å². The molecule has 4 heteroatoms. The molecule has 1 rings (SSSR count). The second kappa shape index (κ2) is 2.51. The van der Waals surface area contributed by atoms with Crippen molar-refractivity contribution < 1.29 is 19.1 Å². The van der Waals surface area contributed by atoms with Gasteiger partial charge in [0.05, 0.1) is 6.42 Å². The molecule has 0 aromatic rings. The number of hydrogen-bond donors (Lipinski definition) is 0. The molecule has 1 aliphatic rings. The van der Waals surface area contributed by atoms with Gasteiger partial charge in [-0.15, -0.1) is 0 Å². The van der Waals surface area contributed by atoms with Gasteiger partial charge in [-0.2, -0.15) is 0 Å². The van der Waals surface area contributed by atoms with E-state index < -0.39 is 12.1 Å². The molecular formula is C6H6O4. The molecular weight excluding hydrogens is 136 g/mol. The summed E-state index contributed by atoms with van der Waals surface area (Å²) in [7, 11) is 0. The molecule has 4 nitrogen and oxygen atoms in total. The minimum atomic E-state index is -0.773. The molecule has 1 unspecified atom stereocenters. The normalized spacial score (nSPS) is 23.8. The number of cyclic esters (lactones) is 1. The van der Waals surface area contributed by atoms with Crippen LogP contribution in [0.1, 0.15) is 6.42 Å². The molecule has 1 atom stereocenters. The Bertz CT molecular complexity index is 184. The van der Waals surface area contributed by atoms with E-state index in [4.69, 9.17) is 4.74 Å². The predicted molar refractivity (Wildman–Crippen MR) is 30.8 cm³/mol. The van der Waals surface area contributed by atoms with Gasteiger partial charge in [0.25, 0.3) is 5.95 Å². The Morgan fingerprint density at radius 1 is 1.70 bits per heavy atom. The maximum Gasteiger partial charge on any atom is 0.355 e. The predicted octanol–water partition coefficient (Wildman–Crippen LogP) is -0.0114. The SMILES string of the molecule is C=C1OC(=O)C(CC=O)O1. The highest BCUT2D eigenvalue weighted by molar-refractivity contribution is 5.80. The third-order valence-electron chi connectivity index (χ3n) is 1.06. The number of ether oxygens (including phenoxy) is 2. The number of aldehydes is 1. The van der Waals surface area contributed by atoms with E-state index in [1.54, 1.807) is 0 Å². The van der Waals surface area contributed by atoms with E-state index in [1.807, 2.05) is 0 Å². The van der Waals surface area contributed by atoms with Crippen molar-refractivity contribution >= 4 is 12.3 Å². The summed E-state index contributed by atoms with van der Waals surface area (Å²) in [5.41, 5.74) is 0. The number of carbonyl (C=O) groups excluding carboxylic acids is 2. The van der Waals surface area contributed by atoms with Crippen LogP contribution < -0.4 is 0 Å². The molecule has 0 aromatic heterocycles. The number of esters is 1. The van der Waals surface area contributed by atoms with Crippen LogP contribution >= 0.6 is 0 Å². The molecule has 0 radical (unpaired) electrons. The fourth-order valence-electron chi connectivity index (χ4n) is 0.640. The number of hydrogen-bond acceptors (Lipinski definition) is 4. The van der Waals surface area contributed by atoms with Crippen LogP contribution in [0.2, 0.25) is 0 Å². The van der Waals surface area contributed by atoms with Crippen molar-refractivity contribution in [1.82, 2.24) is 0 Å². The molecule has 0 saturated carbocycles. The summed E-state index contributed by atoms with van der Waals surface area (Å²) in [5.74, 6) is -0.575. The van der Waals surface area contributed by atoms with Gasteiger partial charge in [-0.3, -0.25) is 0 Å². The van der Waals surface area contributed by atoms with E-state index in [1.165, 1.54) is 0 Å². The lowest BCUT2D eigenvalue weighted by Gasteiger charge is -1.96. The molecule has 0 bridgehead atoms. The summed E-state index contributed by atoms with van der Waals surface area (Å²) >= 11 is 0. The van der Waals surface area contributed by atoms with E-state index in [2.05, 4.69) is 11.3 Å². The first-order chi connectivity index (χ1) is 4.74. The van der Waals surface area contributed by atoms with Crippen LogP contribution in [0.15, 0.2) is 12.5 Å². The maximum atomic E-state index is 10.6. The van der Waals surface area contributed by atoms with Crippen LogP contribution in [0.25, 0.3) is 0 Å². The Balaban J connectivity index is 2.54. The lowest BCUT2D eigenvalue weighted by atomic mass is 10.3. The van der Waals surface area contributed by atoms with Crippen molar-refractivity contribution in [1.29, 1.82) is 0 Å². The molecule has 0 spiro atoms. The van der Waals surface area contributed by atoms with Crippen LogP contribution in [-0.4, -0.2) is 18.4 Å². The van der Waals surface area contributed by atoms with Crippen LogP contribution in [0.4, 0.5) is 0 Å².